The van der Waals surface area contributed by atoms with Gasteiger partial charge in [0, 0.05) is 39.8 Å². The Morgan fingerprint density at radius 3 is 2.43 bits per heavy atom. The number of likely N-dealkylation sites (tertiary alicyclic amines) is 1. The summed E-state index contributed by atoms with van der Waals surface area (Å²) in [5.74, 6) is 0. The highest BCUT2D eigenvalue weighted by Crippen LogP contribution is 2.36. The van der Waals surface area contributed by atoms with E-state index in [-0.39, 0.29) is 6.10 Å². The van der Waals surface area contributed by atoms with Crippen molar-refractivity contribution < 1.29 is 9.84 Å². The predicted octanol–water partition coefficient (Wildman–Crippen LogP) is 2.02. The van der Waals surface area contributed by atoms with E-state index in [1.165, 1.54) is 45.1 Å². The van der Waals surface area contributed by atoms with E-state index < -0.39 is 0 Å². The topological polar surface area (TPSA) is 44.7 Å². The van der Waals surface area contributed by atoms with E-state index in [1.54, 1.807) is 7.11 Å². The number of ether oxygens (including phenoxy) is 1. The van der Waals surface area contributed by atoms with Crippen molar-refractivity contribution in [2.75, 3.05) is 46.4 Å². The quantitative estimate of drug-likeness (QED) is 0.557. The molecule has 0 amide bonds. The van der Waals surface area contributed by atoms with Gasteiger partial charge < -0.3 is 20.1 Å². The highest BCUT2D eigenvalue weighted by molar-refractivity contribution is 4.88. The summed E-state index contributed by atoms with van der Waals surface area (Å²) in [5, 5.41) is 13.3. The summed E-state index contributed by atoms with van der Waals surface area (Å²) in [5.41, 5.74) is 0.437. The number of hydrogen-bond donors (Lipinski definition) is 2. The molecular weight excluding hydrogens is 264 g/mol. The van der Waals surface area contributed by atoms with Crippen LogP contribution in [0, 0.1) is 5.41 Å². The average molecular weight is 298 g/mol. The molecule has 0 aromatic heterocycles. The number of methoxy groups -OCH3 is 1. The summed E-state index contributed by atoms with van der Waals surface area (Å²) in [7, 11) is 1.77. The lowest BCUT2D eigenvalue weighted by molar-refractivity contribution is 0.0499. The van der Waals surface area contributed by atoms with Crippen molar-refractivity contribution in [3.63, 3.8) is 0 Å². The molecule has 124 valence electrons. The third-order valence-electron chi connectivity index (χ3n) is 5.26. The molecule has 0 unspecified atom stereocenters. The molecule has 1 saturated carbocycles. The van der Waals surface area contributed by atoms with Gasteiger partial charge in [-0.25, -0.2) is 0 Å². The molecule has 4 heteroatoms. The van der Waals surface area contributed by atoms with Crippen molar-refractivity contribution in [3.05, 3.63) is 0 Å². The lowest BCUT2D eigenvalue weighted by Gasteiger charge is -2.40. The summed E-state index contributed by atoms with van der Waals surface area (Å²) in [6.45, 7) is 6.22. The highest BCUT2D eigenvalue weighted by atomic mass is 16.5. The van der Waals surface area contributed by atoms with Gasteiger partial charge in [0.1, 0.15) is 0 Å². The number of piperidine rings is 1. The van der Waals surface area contributed by atoms with Gasteiger partial charge in [-0.15, -0.1) is 0 Å². The molecule has 1 heterocycles. The van der Waals surface area contributed by atoms with Crippen molar-refractivity contribution in [1.82, 2.24) is 10.2 Å². The van der Waals surface area contributed by atoms with E-state index in [0.29, 0.717) is 5.41 Å². The highest BCUT2D eigenvalue weighted by Gasteiger charge is 2.33. The van der Waals surface area contributed by atoms with Gasteiger partial charge in [0.05, 0.1) is 12.7 Å². The second kappa shape index (κ2) is 9.09. The Balaban J connectivity index is 1.87. The molecule has 0 bridgehead atoms. The molecule has 4 nitrogen and oxygen atoms in total. The van der Waals surface area contributed by atoms with Crippen LogP contribution in [0.15, 0.2) is 0 Å². The first-order valence-electron chi connectivity index (χ1n) is 8.84. The van der Waals surface area contributed by atoms with E-state index in [9.17, 15) is 5.11 Å². The Morgan fingerprint density at radius 2 is 1.81 bits per heavy atom. The van der Waals surface area contributed by atoms with Crippen molar-refractivity contribution in [3.8, 4) is 0 Å². The third-order valence-corrected chi connectivity index (χ3v) is 5.26. The van der Waals surface area contributed by atoms with Crippen molar-refractivity contribution >= 4 is 0 Å². The summed E-state index contributed by atoms with van der Waals surface area (Å²) < 4.78 is 5.15. The van der Waals surface area contributed by atoms with Gasteiger partial charge in [0.2, 0.25) is 0 Å². The molecule has 1 saturated heterocycles. The molecule has 2 aliphatic rings. The van der Waals surface area contributed by atoms with E-state index in [0.717, 1.165) is 45.6 Å². The zero-order valence-corrected chi connectivity index (χ0v) is 13.8. The Kier molecular flexibility index (Phi) is 7.44. The van der Waals surface area contributed by atoms with Gasteiger partial charge in [-0.05, 0) is 31.1 Å². The Morgan fingerprint density at radius 1 is 1.14 bits per heavy atom. The SMILES string of the molecule is COCCNCC1(CN2CCC(O)CC2)CCCCCC1. The Hall–Kier alpha value is -0.160. The molecule has 0 atom stereocenters. The number of aliphatic hydroxyl groups is 1. The summed E-state index contributed by atoms with van der Waals surface area (Å²) in [4.78, 5) is 2.59. The van der Waals surface area contributed by atoms with Gasteiger partial charge in [0.25, 0.3) is 0 Å². The Bertz CT molecular complexity index is 270. The molecular formula is C17H34N2O2. The first kappa shape index (κ1) is 17.2. The lowest BCUT2D eigenvalue weighted by Crippen LogP contribution is -2.47. The van der Waals surface area contributed by atoms with Crippen LogP contribution in [0.1, 0.15) is 51.4 Å². The van der Waals surface area contributed by atoms with E-state index in [4.69, 9.17) is 4.74 Å². The van der Waals surface area contributed by atoms with Crippen molar-refractivity contribution in [2.24, 2.45) is 5.41 Å². The molecule has 0 aromatic carbocycles. The van der Waals surface area contributed by atoms with Crippen LogP contribution in [0.4, 0.5) is 0 Å². The summed E-state index contributed by atoms with van der Waals surface area (Å²) in [6.07, 6.45) is 10.1. The van der Waals surface area contributed by atoms with Gasteiger partial charge in [0.15, 0.2) is 0 Å². The fraction of sp³-hybridized carbons (Fsp3) is 1.00. The van der Waals surface area contributed by atoms with Crippen LogP contribution in [-0.2, 0) is 4.74 Å². The van der Waals surface area contributed by atoms with Gasteiger partial charge in [-0.2, -0.15) is 0 Å². The molecule has 1 aliphatic heterocycles. The maximum absolute atomic E-state index is 9.69. The van der Waals surface area contributed by atoms with E-state index in [1.807, 2.05) is 0 Å². The third kappa shape index (κ3) is 5.85. The number of nitrogens with one attached hydrogen (secondary N) is 1. The van der Waals surface area contributed by atoms with Crippen LogP contribution in [0.25, 0.3) is 0 Å². The molecule has 1 aliphatic carbocycles. The van der Waals surface area contributed by atoms with Crippen LogP contribution >= 0.6 is 0 Å². The largest absolute Gasteiger partial charge is 0.393 e. The number of aliphatic hydroxyl groups excluding tert-OH is 1. The molecule has 0 aromatic rings. The van der Waals surface area contributed by atoms with Crippen LogP contribution in [0.5, 0.6) is 0 Å². The molecule has 21 heavy (non-hydrogen) atoms. The van der Waals surface area contributed by atoms with E-state index in [2.05, 4.69) is 10.2 Å². The lowest BCUT2D eigenvalue weighted by atomic mass is 9.79. The van der Waals surface area contributed by atoms with Crippen LogP contribution in [0.3, 0.4) is 0 Å². The average Bonchev–Trinajstić information content (AvgIpc) is 2.72. The zero-order chi connectivity index (χ0) is 15.0. The molecule has 2 N–H and O–H groups in total. The minimum absolute atomic E-state index is 0.0637. The van der Waals surface area contributed by atoms with E-state index >= 15 is 0 Å². The van der Waals surface area contributed by atoms with Crippen LogP contribution in [0.2, 0.25) is 0 Å². The molecule has 0 radical (unpaired) electrons. The zero-order valence-electron chi connectivity index (χ0n) is 13.8. The summed E-state index contributed by atoms with van der Waals surface area (Å²) >= 11 is 0. The summed E-state index contributed by atoms with van der Waals surface area (Å²) in [6, 6.07) is 0. The number of rotatable bonds is 7. The monoisotopic (exact) mass is 298 g/mol. The molecule has 0 spiro atoms. The van der Waals surface area contributed by atoms with Crippen LogP contribution < -0.4 is 5.32 Å². The second-order valence-corrected chi connectivity index (χ2v) is 7.09. The normalized spacial score (nSPS) is 24.9. The molecule has 2 fully saturated rings. The first-order chi connectivity index (χ1) is 10.2. The predicted molar refractivity (Wildman–Crippen MR) is 86.6 cm³/mol. The van der Waals surface area contributed by atoms with Crippen molar-refractivity contribution in [2.45, 2.75) is 57.5 Å². The van der Waals surface area contributed by atoms with Gasteiger partial charge >= 0.3 is 0 Å². The fourth-order valence-corrected chi connectivity index (χ4v) is 3.95. The fourth-order valence-electron chi connectivity index (χ4n) is 3.95. The molecule has 2 rings (SSSR count). The minimum atomic E-state index is -0.0637. The number of nitrogens with zero attached hydrogens (tertiary/aromatic N) is 1. The smallest absolute Gasteiger partial charge is 0.0587 e. The maximum Gasteiger partial charge on any atom is 0.0587 e. The number of hydrogen-bond acceptors (Lipinski definition) is 4. The Labute approximate surface area is 130 Å². The standard InChI is InChI=1S/C17H34N2O2/c1-21-13-10-18-14-17(8-4-2-3-5-9-17)15-19-11-6-16(20)7-12-19/h16,18,20H,2-15H2,1H3. The maximum atomic E-state index is 9.69. The van der Waals surface area contributed by atoms with Gasteiger partial charge in [-0.1, -0.05) is 25.7 Å². The first-order valence-corrected chi connectivity index (χ1v) is 8.84. The minimum Gasteiger partial charge on any atom is -0.393 e. The van der Waals surface area contributed by atoms with Crippen molar-refractivity contribution in [1.29, 1.82) is 0 Å². The van der Waals surface area contributed by atoms with Gasteiger partial charge in [-0.3, -0.25) is 0 Å². The second-order valence-electron chi connectivity index (χ2n) is 7.09. The van der Waals surface area contributed by atoms with Crippen LogP contribution in [-0.4, -0.2) is 62.6 Å².